The SMILES string of the molecule is Cc1ncc(-c2cncc(-n3ccccc3=O)c2)o1. The standard InChI is InChI=1S/C14H11N3O2/c1-10-16-9-13(19-10)11-6-12(8-15-7-11)17-5-3-2-4-14(17)18/h2-9H,1H3. The van der Waals surface area contributed by atoms with Crippen molar-refractivity contribution >= 4 is 0 Å². The fourth-order valence-corrected chi connectivity index (χ4v) is 1.83. The molecule has 3 aromatic rings. The highest BCUT2D eigenvalue weighted by Crippen LogP contribution is 2.21. The molecule has 0 aliphatic heterocycles. The average Bonchev–Trinajstić information content (AvgIpc) is 2.86. The Morgan fingerprint density at radius 3 is 2.84 bits per heavy atom. The van der Waals surface area contributed by atoms with E-state index < -0.39 is 0 Å². The van der Waals surface area contributed by atoms with Crippen molar-refractivity contribution in [2.24, 2.45) is 0 Å². The number of nitrogens with zero attached hydrogens (tertiary/aromatic N) is 3. The zero-order chi connectivity index (χ0) is 13.2. The number of oxazole rings is 1. The first-order valence-electron chi connectivity index (χ1n) is 5.80. The summed E-state index contributed by atoms with van der Waals surface area (Å²) in [6, 6.07) is 6.85. The van der Waals surface area contributed by atoms with Crippen LogP contribution < -0.4 is 5.56 Å². The van der Waals surface area contributed by atoms with Gasteiger partial charge in [-0.25, -0.2) is 4.98 Å². The van der Waals surface area contributed by atoms with Crippen molar-refractivity contribution < 1.29 is 4.42 Å². The van der Waals surface area contributed by atoms with Gasteiger partial charge < -0.3 is 4.42 Å². The zero-order valence-electron chi connectivity index (χ0n) is 10.3. The molecule has 3 aromatic heterocycles. The Labute approximate surface area is 109 Å². The third-order valence-corrected chi connectivity index (χ3v) is 2.73. The largest absolute Gasteiger partial charge is 0.441 e. The zero-order valence-corrected chi connectivity index (χ0v) is 10.3. The van der Waals surface area contributed by atoms with Crippen LogP contribution in [0.15, 0.2) is 58.3 Å². The molecule has 0 saturated carbocycles. The van der Waals surface area contributed by atoms with Crippen molar-refractivity contribution in [2.45, 2.75) is 6.92 Å². The maximum atomic E-state index is 11.8. The van der Waals surface area contributed by atoms with E-state index in [9.17, 15) is 4.79 Å². The first-order valence-corrected chi connectivity index (χ1v) is 5.80. The van der Waals surface area contributed by atoms with Gasteiger partial charge in [-0.1, -0.05) is 6.07 Å². The highest BCUT2D eigenvalue weighted by molar-refractivity contribution is 5.58. The molecule has 0 radical (unpaired) electrons. The lowest BCUT2D eigenvalue weighted by Crippen LogP contribution is -2.15. The lowest BCUT2D eigenvalue weighted by molar-refractivity contribution is 0.534. The van der Waals surface area contributed by atoms with Gasteiger partial charge in [0.1, 0.15) is 0 Å². The van der Waals surface area contributed by atoms with Crippen LogP contribution in [0.3, 0.4) is 0 Å². The van der Waals surface area contributed by atoms with Crippen molar-refractivity contribution in [1.29, 1.82) is 0 Å². The Bertz CT molecular complexity index is 774. The summed E-state index contributed by atoms with van der Waals surface area (Å²) in [5, 5.41) is 0. The summed E-state index contributed by atoms with van der Waals surface area (Å²) in [6.45, 7) is 1.78. The molecule has 0 N–H and O–H groups in total. The predicted molar refractivity (Wildman–Crippen MR) is 70.1 cm³/mol. The van der Waals surface area contributed by atoms with Crippen molar-refractivity contribution in [3.8, 4) is 17.0 Å². The summed E-state index contributed by atoms with van der Waals surface area (Å²) >= 11 is 0. The Kier molecular flexibility index (Phi) is 2.72. The van der Waals surface area contributed by atoms with Gasteiger partial charge in [0.2, 0.25) is 0 Å². The second-order valence-corrected chi connectivity index (χ2v) is 4.08. The van der Waals surface area contributed by atoms with E-state index in [0.29, 0.717) is 17.3 Å². The molecule has 0 spiro atoms. The summed E-state index contributed by atoms with van der Waals surface area (Å²) in [5.41, 5.74) is 1.38. The minimum absolute atomic E-state index is 0.102. The van der Waals surface area contributed by atoms with Crippen LogP contribution in [0.1, 0.15) is 5.89 Å². The van der Waals surface area contributed by atoms with Crippen LogP contribution in [0.2, 0.25) is 0 Å². The van der Waals surface area contributed by atoms with E-state index in [2.05, 4.69) is 9.97 Å². The third-order valence-electron chi connectivity index (χ3n) is 2.73. The van der Waals surface area contributed by atoms with E-state index in [1.54, 1.807) is 43.8 Å². The Morgan fingerprint density at radius 2 is 2.11 bits per heavy atom. The number of pyridine rings is 2. The van der Waals surface area contributed by atoms with Crippen LogP contribution in [-0.2, 0) is 0 Å². The first-order chi connectivity index (χ1) is 9.24. The quantitative estimate of drug-likeness (QED) is 0.702. The summed E-state index contributed by atoms with van der Waals surface area (Å²) in [4.78, 5) is 20.0. The summed E-state index contributed by atoms with van der Waals surface area (Å²) in [7, 11) is 0. The molecule has 0 amide bonds. The van der Waals surface area contributed by atoms with Gasteiger partial charge in [-0.2, -0.15) is 0 Å². The van der Waals surface area contributed by atoms with E-state index in [1.165, 1.54) is 10.6 Å². The molecule has 0 saturated heterocycles. The van der Waals surface area contributed by atoms with Crippen LogP contribution in [0.25, 0.3) is 17.0 Å². The summed E-state index contributed by atoms with van der Waals surface area (Å²) < 4.78 is 6.98. The summed E-state index contributed by atoms with van der Waals surface area (Å²) in [6.07, 6.45) is 6.66. The second-order valence-electron chi connectivity index (χ2n) is 4.08. The number of aryl methyl sites for hydroxylation is 1. The fourth-order valence-electron chi connectivity index (χ4n) is 1.83. The molecule has 0 unspecified atom stereocenters. The number of rotatable bonds is 2. The van der Waals surface area contributed by atoms with Crippen LogP contribution in [0, 0.1) is 6.92 Å². The molecule has 0 fully saturated rings. The molecule has 0 aromatic carbocycles. The van der Waals surface area contributed by atoms with E-state index in [-0.39, 0.29) is 5.56 Å². The van der Waals surface area contributed by atoms with Crippen LogP contribution in [0.5, 0.6) is 0 Å². The minimum Gasteiger partial charge on any atom is -0.441 e. The van der Waals surface area contributed by atoms with Gasteiger partial charge >= 0.3 is 0 Å². The van der Waals surface area contributed by atoms with E-state index in [4.69, 9.17) is 4.42 Å². The van der Waals surface area contributed by atoms with Crippen LogP contribution in [-0.4, -0.2) is 14.5 Å². The number of aromatic nitrogens is 3. The monoisotopic (exact) mass is 253 g/mol. The van der Waals surface area contributed by atoms with Crippen molar-refractivity contribution in [1.82, 2.24) is 14.5 Å². The maximum Gasteiger partial charge on any atom is 0.255 e. The minimum atomic E-state index is -0.102. The Morgan fingerprint density at radius 1 is 1.21 bits per heavy atom. The molecule has 0 atom stereocenters. The average molecular weight is 253 g/mol. The molecule has 94 valence electrons. The van der Waals surface area contributed by atoms with Crippen molar-refractivity contribution in [3.63, 3.8) is 0 Å². The molecule has 0 aliphatic rings. The van der Waals surface area contributed by atoms with E-state index in [0.717, 1.165) is 5.56 Å². The van der Waals surface area contributed by atoms with Crippen LogP contribution >= 0.6 is 0 Å². The third kappa shape index (κ3) is 2.18. The van der Waals surface area contributed by atoms with E-state index >= 15 is 0 Å². The molecule has 5 heteroatoms. The normalized spacial score (nSPS) is 10.6. The predicted octanol–water partition coefficient (Wildman–Crippen LogP) is 2.20. The van der Waals surface area contributed by atoms with Gasteiger partial charge in [0.05, 0.1) is 18.1 Å². The van der Waals surface area contributed by atoms with Gasteiger partial charge in [0.25, 0.3) is 5.56 Å². The Hall–Kier alpha value is -2.69. The van der Waals surface area contributed by atoms with Gasteiger partial charge in [-0.15, -0.1) is 0 Å². The number of hydrogen-bond donors (Lipinski definition) is 0. The van der Waals surface area contributed by atoms with Gasteiger partial charge in [0, 0.05) is 30.9 Å². The smallest absolute Gasteiger partial charge is 0.255 e. The molecule has 19 heavy (non-hydrogen) atoms. The molecule has 5 nitrogen and oxygen atoms in total. The lowest BCUT2D eigenvalue weighted by Gasteiger charge is -2.05. The second kappa shape index (κ2) is 4.53. The topological polar surface area (TPSA) is 60.9 Å². The van der Waals surface area contributed by atoms with Gasteiger partial charge in [0.15, 0.2) is 11.7 Å². The molecular weight excluding hydrogens is 242 g/mol. The highest BCUT2D eigenvalue weighted by Gasteiger charge is 2.06. The highest BCUT2D eigenvalue weighted by atomic mass is 16.4. The van der Waals surface area contributed by atoms with Gasteiger partial charge in [-0.3, -0.25) is 14.3 Å². The van der Waals surface area contributed by atoms with Gasteiger partial charge in [-0.05, 0) is 12.1 Å². The maximum absolute atomic E-state index is 11.8. The lowest BCUT2D eigenvalue weighted by atomic mass is 10.2. The molecule has 3 heterocycles. The first kappa shape index (κ1) is 11.4. The molecular formula is C14H11N3O2. The fraction of sp³-hybridized carbons (Fsp3) is 0.0714. The molecule has 0 aliphatic carbocycles. The molecule has 0 bridgehead atoms. The van der Waals surface area contributed by atoms with E-state index in [1.807, 2.05) is 6.07 Å². The van der Waals surface area contributed by atoms with Crippen LogP contribution in [0.4, 0.5) is 0 Å². The summed E-state index contributed by atoms with van der Waals surface area (Å²) in [5.74, 6) is 1.23. The Balaban J connectivity index is 2.11. The molecule has 3 rings (SSSR count). The van der Waals surface area contributed by atoms with Crippen molar-refractivity contribution in [3.05, 3.63) is 65.3 Å². The van der Waals surface area contributed by atoms with Crippen molar-refractivity contribution in [2.75, 3.05) is 0 Å². The number of hydrogen-bond acceptors (Lipinski definition) is 4.